The number of amides is 1. The summed E-state index contributed by atoms with van der Waals surface area (Å²) in [5.74, 6) is 0.374. The zero-order valence-corrected chi connectivity index (χ0v) is 14.2. The van der Waals surface area contributed by atoms with Gasteiger partial charge >= 0.3 is 0 Å². The first-order chi connectivity index (χ1) is 10.7. The lowest BCUT2D eigenvalue weighted by atomic mass is 10.1. The van der Waals surface area contributed by atoms with Crippen LogP contribution in [0.25, 0.3) is 0 Å². The molecule has 1 saturated heterocycles. The van der Waals surface area contributed by atoms with Gasteiger partial charge in [-0.25, -0.2) is 0 Å². The van der Waals surface area contributed by atoms with E-state index in [2.05, 4.69) is 21.6 Å². The Labute approximate surface area is 142 Å². The van der Waals surface area contributed by atoms with Crippen molar-refractivity contribution in [1.29, 1.82) is 0 Å². The predicted molar refractivity (Wildman–Crippen MR) is 96.8 cm³/mol. The molecule has 0 aromatic heterocycles. The van der Waals surface area contributed by atoms with Gasteiger partial charge in [-0.05, 0) is 50.0 Å². The van der Waals surface area contributed by atoms with Crippen LogP contribution in [0.15, 0.2) is 24.3 Å². The molecule has 0 unspecified atom stereocenters. The lowest BCUT2D eigenvalue weighted by Crippen LogP contribution is -2.35. The number of carbonyl (C=O) groups excluding carboxylic acids is 1. The Morgan fingerprint density at radius 1 is 1.23 bits per heavy atom. The molecule has 6 heteroatoms. The molecule has 1 aliphatic heterocycles. The number of halogens is 1. The van der Waals surface area contributed by atoms with Crippen LogP contribution in [-0.2, 0) is 4.79 Å². The number of thiocarbonyl (C=S) groups is 1. The number of para-hydroxylation sites is 2. The van der Waals surface area contributed by atoms with Crippen LogP contribution in [0.1, 0.15) is 32.1 Å². The summed E-state index contributed by atoms with van der Waals surface area (Å²) in [5, 5.41) is 6.17. The Hall–Kier alpha value is -1.33. The smallest absolute Gasteiger partial charge is 0.226 e. The standard InChI is InChI=1S/C16H22ClN3OS/c17-10-6-9-15(21)19-16(22)18-13-7-2-3-8-14(13)20-11-4-1-5-12-20/h2-3,7-8H,1,4-6,9-12H2,(H2,18,19,21,22). The SMILES string of the molecule is O=C(CCCCl)NC(=S)Nc1ccccc1N1CCCCC1. The van der Waals surface area contributed by atoms with Crippen LogP contribution < -0.4 is 15.5 Å². The number of hydrogen-bond donors (Lipinski definition) is 2. The van der Waals surface area contributed by atoms with Gasteiger partial charge in [-0.3, -0.25) is 4.79 Å². The molecule has 1 heterocycles. The lowest BCUT2D eigenvalue weighted by Gasteiger charge is -2.30. The molecule has 120 valence electrons. The minimum Gasteiger partial charge on any atom is -0.370 e. The van der Waals surface area contributed by atoms with Gasteiger partial charge in [0.1, 0.15) is 0 Å². The minimum atomic E-state index is -0.103. The summed E-state index contributed by atoms with van der Waals surface area (Å²) < 4.78 is 0. The largest absolute Gasteiger partial charge is 0.370 e. The predicted octanol–water partition coefficient (Wildman–Crippen LogP) is 3.51. The van der Waals surface area contributed by atoms with Crippen LogP contribution in [0.3, 0.4) is 0 Å². The van der Waals surface area contributed by atoms with Gasteiger partial charge in [0.25, 0.3) is 0 Å². The minimum absolute atomic E-state index is 0.103. The molecule has 0 saturated carbocycles. The number of piperidine rings is 1. The van der Waals surface area contributed by atoms with E-state index in [0.29, 0.717) is 23.8 Å². The maximum atomic E-state index is 11.7. The van der Waals surface area contributed by atoms with Crippen molar-refractivity contribution in [3.05, 3.63) is 24.3 Å². The topological polar surface area (TPSA) is 44.4 Å². The summed E-state index contributed by atoms with van der Waals surface area (Å²) in [6, 6.07) is 8.07. The van der Waals surface area contributed by atoms with Crippen LogP contribution in [-0.4, -0.2) is 30.0 Å². The lowest BCUT2D eigenvalue weighted by molar-refractivity contribution is -0.119. The first kappa shape index (κ1) is 17.0. The van der Waals surface area contributed by atoms with Gasteiger partial charge in [0, 0.05) is 25.4 Å². The van der Waals surface area contributed by atoms with E-state index in [1.54, 1.807) is 0 Å². The second-order valence-electron chi connectivity index (χ2n) is 5.36. The number of hydrogen-bond acceptors (Lipinski definition) is 3. The van der Waals surface area contributed by atoms with Crippen molar-refractivity contribution in [1.82, 2.24) is 5.32 Å². The highest BCUT2D eigenvalue weighted by Crippen LogP contribution is 2.28. The third-order valence-electron chi connectivity index (χ3n) is 3.64. The molecule has 2 N–H and O–H groups in total. The second kappa shape index (κ2) is 8.96. The van der Waals surface area contributed by atoms with Crippen LogP contribution in [0, 0.1) is 0 Å². The Morgan fingerprint density at radius 3 is 2.68 bits per heavy atom. The molecule has 0 bridgehead atoms. The molecule has 1 amide bonds. The number of alkyl halides is 1. The molecule has 0 atom stereocenters. The summed E-state index contributed by atoms with van der Waals surface area (Å²) in [6.45, 7) is 2.13. The van der Waals surface area contributed by atoms with Gasteiger partial charge in [0.15, 0.2) is 5.11 Å². The number of anilines is 2. The van der Waals surface area contributed by atoms with Gasteiger partial charge < -0.3 is 15.5 Å². The zero-order valence-electron chi connectivity index (χ0n) is 12.6. The van der Waals surface area contributed by atoms with Gasteiger partial charge in [0.2, 0.25) is 5.91 Å². The first-order valence-corrected chi connectivity index (χ1v) is 8.66. The van der Waals surface area contributed by atoms with E-state index in [9.17, 15) is 4.79 Å². The number of nitrogens with one attached hydrogen (secondary N) is 2. The highest BCUT2D eigenvalue weighted by molar-refractivity contribution is 7.80. The Kier molecular flexibility index (Phi) is 6.93. The van der Waals surface area contributed by atoms with E-state index in [1.807, 2.05) is 18.2 Å². The van der Waals surface area contributed by atoms with Crippen molar-refractivity contribution in [2.75, 3.05) is 29.2 Å². The molecule has 1 fully saturated rings. The summed E-state index contributed by atoms with van der Waals surface area (Å²) in [4.78, 5) is 14.0. The van der Waals surface area contributed by atoms with Crippen molar-refractivity contribution in [2.24, 2.45) is 0 Å². The van der Waals surface area contributed by atoms with E-state index in [4.69, 9.17) is 23.8 Å². The van der Waals surface area contributed by atoms with E-state index < -0.39 is 0 Å². The second-order valence-corrected chi connectivity index (χ2v) is 6.15. The highest BCUT2D eigenvalue weighted by atomic mass is 35.5. The third-order valence-corrected chi connectivity index (χ3v) is 4.11. The average molecular weight is 340 g/mol. The van der Waals surface area contributed by atoms with Gasteiger partial charge in [-0.2, -0.15) is 0 Å². The van der Waals surface area contributed by atoms with Gasteiger partial charge in [0.05, 0.1) is 11.4 Å². The molecule has 22 heavy (non-hydrogen) atoms. The molecule has 1 aromatic rings. The van der Waals surface area contributed by atoms with Crippen molar-refractivity contribution in [3.8, 4) is 0 Å². The molecule has 1 aromatic carbocycles. The molecule has 0 aliphatic carbocycles. The summed E-state index contributed by atoms with van der Waals surface area (Å²) in [7, 11) is 0. The van der Waals surface area contributed by atoms with E-state index in [0.717, 1.165) is 24.5 Å². The van der Waals surface area contributed by atoms with Crippen LogP contribution >= 0.6 is 23.8 Å². The Bertz CT molecular complexity index is 518. The fourth-order valence-electron chi connectivity index (χ4n) is 2.56. The number of nitrogens with zero attached hydrogens (tertiary/aromatic N) is 1. The van der Waals surface area contributed by atoms with Crippen LogP contribution in [0.4, 0.5) is 11.4 Å². The number of carbonyl (C=O) groups is 1. The molecular formula is C16H22ClN3OS. The normalized spacial score (nSPS) is 14.5. The van der Waals surface area contributed by atoms with Crippen LogP contribution in [0.5, 0.6) is 0 Å². The van der Waals surface area contributed by atoms with Gasteiger partial charge in [-0.15, -0.1) is 11.6 Å². The fourth-order valence-corrected chi connectivity index (χ4v) is 2.92. The van der Waals surface area contributed by atoms with Crippen molar-refractivity contribution in [3.63, 3.8) is 0 Å². The van der Waals surface area contributed by atoms with Crippen molar-refractivity contribution < 1.29 is 4.79 Å². The average Bonchev–Trinajstić information content (AvgIpc) is 2.54. The third kappa shape index (κ3) is 5.14. The first-order valence-electron chi connectivity index (χ1n) is 7.71. The fraction of sp³-hybridized carbons (Fsp3) is 0.500. The van der Waals surface area contributed by atoms with E-state index >= 15 is 0 Å². The van der Waals surface area contributed by atoms with E-state index in [-0.39, 0.29) is 5.91 Å². The van der Waals surface area contributed by atoms with E-state index in [1.165, 1.54) is 19.3 Å². The molecule has 0 radical (unpaired) electrons. The van der Waals surface area contributed by atoms with Gasteiger partial charge in [-0.1, -0.05) is 12.1 Å². The Balaban J connectivity index is 1.97. The zero-order chi connectivity index (χ0) is 15.8. The van der Waals surface area contributed by atoms with Crippen LogP contribution in [0.2, 0.25) is 0 Å². The molecular weight excluding hydrogens is 318 g/mol. The van der Waals surface area contributed by atoms with Crippen molar-refractivity contribution >= 4 is 46.2 Å². The maximum absolute atomic E-state index is 11.7. The molecule has 0 spiro atoms. The summed E-state index contributed by atoms with van der Waals surface area (Å²) in [6.07, 6.45) is 4.77. The number of benzene rings is 1. The Morgan fingerprint density at radius 2 is 1.95 bits per heavy atom. The molecule has 1 aliphatic rings. The molecule has 4 nitrogen and oxygen atoms in total. The summed E-state index contributed by atoms with van der Waals surface area (Å²) in [5.41, 5.74) is 2.08. The maximum Gasteiger partial charge on any atom is 0.226 e. The molecule has 2 rings (SSSR count). The highest BCUT2D eigenvalue weighted by Gasteiger charge is 2.15. The van der Waals surface area contributed by atoms with Crippen molar-refractivity contribution in [2.45, 2.75) is 32.1 Å². The number of rotatable bonds is 5. The quantitative estimate of drug-likeness (QED) is 0.636. The summed E-state index contributed by atoms with van der Waals surface area (Å²) >= 11 is 10.8. The monoisotopic (exact) mass is 339 g/mol.